The Labute approximate surface area is 91.2 Å². The Morgan fingerprint density at radius 1 is 1.47 bits per heavy atom. The fourth-order valence-corrected chi connectivity index (χ4v) is 2.17. The lowest BCUT2D eigenvalue weighted by atomic mass is 10.2. The molecule has 0 heterocycles. The van der Waals surface area contributed by atoms with Gasteiger partial charge in [-0.05, 0) is 12.8 Å². The molecule has 15 heavy (non-hydrogen) atoms. The first-order chi connectivity index (χ1) is 7.29. The van der Waals surface area contributed by atoms with Gasteiger partial charge in [0.25, 0.3) is 0 Å². The zero-order chi connectivity index (χ0) is 11.1. The number of ether oxygens (including phenoxy) is 1. The molecule has 1 aliphatic carbocycles. The number of aliphatic hydroxyl groups excluding tert-OH is 1. The summed E-state index contributed by atoms with van der Waals surface area (Å²) >= 11 is 0. The highest BCUT2D eigenvalue weighted by Gasteiger charge is 2.25. The number of rotatable bonds is 6. The van der Waals surface area contributed by atoms with Crippen LogP contribution in [0.4, 0.5) is 0 Å². The van der Waals surface area contributed by atoms with Crippen LogP contribution in [-0.4, -0.2) is 48.8 Å². The first kappa shape index (κ1) is 12.5. The summed E-state index contributed by atoms with van der Waals surface area (Å²) in [5.41, 5.74) is 0. The summed E-state index contributed by atoms with van der Waals surface area (Å²) in [6.07, 6.45) is 4.98. The van der Waals surface area contributed by atoms with Crippen LogP contribution in [-0.2, 0) is 9.53 Å². The minimum atomic E-state index is 0.0508. The lowest BCUT2D eigenvalue weighted by Gasteiger charge is -2.28. The smallest absolute Gasteiger partial charge is 0.225 e. The Kier molecular flexibility index (Phi) is 5.65. The van der Waals surface area contributed by atoms with Gasteiger partial charge in [-0.15, -0.1) is 0 Å². The molecule has 0 radical (unpaired) electrons. The predicted molar refractivity (Wildman–Crippen MR) is 57.5 cm³/mol. The zero-order valence-electron chi connectivity index (χ0n) is 9.45. The molecule has 4 nitrogen and oxygen atoms in total. The molecule has 1 rings (SSSR count). The Morgan fingerprint density at radius 2 is 2.13 bits per heavy atom. The molecule has 1 amide bonds. The van der Waals surface area contributed by atoms with Gasteiger partial charge in [0.2, 0.25) is 5.91 Å². The van der Waals surface area contributed by atoms with Crippen LogP contribution < -0.4 is 0 Å². The summed E-state index contributed by atoms with van der Waals surface area (Å²) in [5, 5.41) is 8.95. The molecular formula is C11H21NO3. The molecular weight excluding hydrogens is 194 g/mol. The largest absolute Gasteiger partial charge is 0.395 e. The molecule has 1 saturated carbocycles. The third-order valence-corrected chi connectivity index (χ3v) is 2.95. The van der Waals surface area contributed by atoms with Crippen molar-refractivity contribution in [1.29, 1.82) is 0 Å². The molecule has 4 heteroatoms. The predicted octanol–water partition coefficient (Wildman–Crippen LogP) is 0.786. The second-order valence-electron chi connectivity index (χ2n) is 3.99. The third kappa shape index (κ3) is 3.80. The van der Waals surface area contributed by atoms with Crippen LogP contribution in [0.15, 0.2) is 0 Å². The second-order valence-corrected chi connectivity index (χ2v) is 3.99. The Morgan fingerprint density at radius 3 is 2.67 bits per heavy atom. The normalized spacial score (nSPS) is 16.9. The van der Waals surface area contributed by atoms with Crippen LogP contribution in [0.2, 0.25) is 0 Å². The molecule has 1 fully saturated rings. The zero-order valence-corrected chi connectivity index (χ0v) is 9.45. The number of amides is 1. The van der Waals surface area contributed by atoms with Crippen molar-refractivity contribution in [3.05, 3.63) is 0 Å². The molecule has 0 saturated heterocycles. The van der Waals surface area contributed by atoms with Gasteiger partial charge in [-0.25, -0.2) is 0 Å². The van der Waals surface area contributed by atoms with Gasteiger partial charge in [0.15, 0.2) is 0 Å². The van der Waals surface area contributed by atoms with Crippen LogP contribution >= 0.6 is 0 Å². The van der Waals surface area contributed by atoms with Gasteiger partial charge in [-0.2, -0.15) is 0 Å². The second kappa shape index (κ2) is 6.80. The van der Waals surface area contributed by atoms with E-state index in [0.717, 1.165) is 12.8 Å². The van der Waals surface area contributed by atoms with Crippen molar-refractivity contribution < 1.29 is 14.6 Å². The number of methoxy groups -OCH3 is 1. The van der Waals surface area contributed by atoms with E-state index in [1.54, 1.807) is 7.11 Å². The molecule has 0 aromatic heterocycles. The van der Waals surface area contributed by atoms with E-state index < -0.39 is 0 Å². The molecule has 0 spiro atoms. The standard InChI is InChI=1S/C11H21NO3/c1-15-9-6-11(14)12(7-8-13)10-4-2-3-5-10/h10,13H,2-9H2,1H3. The number of carbonyl (C=O) groups is 1. The minimum absolute atomic E-state index is 0.0508. The van der Waals surface area contributed by atoms with Crippen molar-refractivity contribution in [2.75, 3.05) is 26.9 Å². The van der Waals surface area contributed by atoms with E-state index >= 15 is 0 Å². The monoisotopic (exact) mass is 215 g/mol. The maximum absolute atomic E-state index is 11.8. The fourth-order valence-electron chi connectivity index (χ4n) is 2.17. The van der Waals surface area contributed by atoms with Crippen LogP contribution in [0.5, 0.6) is 0 Å². The summed E-state index contributed by atoms with van der Waals surface area (Å²) in [6.45, 7) is 0.982. The molecule has 1 aliphatic rings. The van der Waals surface area contributed by atoms with Gasteiger partial charge in [-0.3, -0.25) is 4.79 Å². The highest BCUT2D eigenvalue weighted by Crippen LogP contribution is 2.23. The van der Waals surface area contributed by atoms with Crippen molar-refractivity contribution in [3.8, 4) is 0 Å². The number of aliphatic hydroxyl groups is 1. The fraction of sp³-hybridized carbons (Fsp3) is 0.909. The van der Waals surface area contributed by atoms with E-state index in [2.05, 4.69) is 0 Å². The maximum Gasteiger partial charge on any atom is 0.225 e. The van der Waals surface area contributed by atoms with E-state index in [-0.39, 0.29) is 12.5 Å². The van der Waals surface area contributed by atoms with Crippen molar-refractivity contribution in [1.82, 2.24) is 4.90 Å². The van der Waals surface area contributed by atoms with Gasteiger partial charge in [-0.1, -0.05) is 12.8 Å². The number of carbonyl (C=O) groups excluding carboxylic acids is 1. The molecule has 1 N–H and O–H groups in total. The molecule has 0 aliphatic heterocycles. The molecule has 0 unspecified atom stereocenters. The van der Waals surface area contributed by atoms with Gasteiger partial charge < -0.3 is 14.7 Å². The van der Waals surface area contributed by atoms with E-state index in [1.165, 1.54) is 12.8 Å². The summed E-state index contributed by atoms with van der Waals surface area (Å²) in [4.78, 5) is 13.6. The first-order valence-corrected chi connectivity index (χ1v) is 5.69. The summed E-state index contributed by atoms with van der Waals surface area (Å²) < 4.78 is 4.89. The maximum atomic E-state index is 11.8. The lowest BCUT2D eigenvalue weighted by molar-refractivity contribution is -0.135. The van der Waals surface area contributed by atoms with Crippen molar-refractivity contribution in [3.63, 3.8) is 0 Å². The number of nitrogens with zero attached hydrogens (tertiary/aromatic N) is 1. The van der Waals surface area contributed by atoms with Crippen LogP contribution in [0.3, 0.4) is 0 Å². The Bertz CT molecular complexity index is 190. The van der Waals surface area contributed by atoms with Crippen molar-refractivity contribution >= 4 is 5.91 Å². The van der Waals surface area contributed by atoms with E-state index in [9.17, 15) is 4.79 Å². The first-order valence-electron chi connectivity index (χ1n) is 5.69. The van der Waals surface area contributed by atoms with Crippen LogP contribution in [0, 0.1) is 0 Å². The van der Waals surface area contributed by atoms with Gasteiger partial charge in [0, 0.05) is 19.7 Å². The van der Waals surface area contributed by atoms with Gasteiger partial charge in [0.1, 0.15) is 0 Å². The average Bonchev–Trinajstić information content (AvgIpc) is 2.75. The van der Waals surface area contributed by atoms with Gasteiger partial charge in [0.05, 0.1) is 19.6 Å². The molecule has 0 aromatic rings. The highest BCUT2D eigenvalue weighted by molar-refractivity contribution is 5.76. The molecule has 0 atom stereocenters. The average molecular weight is 215 g/mol. The summed E-state index contributed by atoms with van der Waals surface area (Å²) in [7, 11) is 1.60. The number of hydrogen-bond acceptors (Lipinski definition) is 3. The molecule has 0 bridgehead atoms. The summed E-state index contributed by atoms with van der Waals surface area (Å²) in [5.74, 6) is 0.109. The van der Waals surface area contributed by atoms with Gasteiger partial charge >= 0.3 is 0 Å². The lowest BCUT2D eigenvalue weighted by Crippen LogP contribution is -2.41. The van der Waals surface area contributed by atoms with Crippen LogP contribution in [0.1, 0.15) is 32.1 Å². The molecule has 0 aromatic carbocycles. The SMILES string of the molecule is COCCC(=O)N(CCO)C1CCCC1. The van der Waals surface area contributed by atoms with E-state index in [4.69, 9.17) is 9.84 Å². The highest BCUT2D eigenvalue weighted by atomic mass is 16.5. The third-order valence-electron chi connectivity index (χ3n) is 2.95. The van der Waals surface area contributed by atoms with E-state index in [0.29, 0.717) is 25.6 Å². The van der Waals surface area contributed by atoms with E-state index in [1.807, 2.05) is 4.90 Å². The Balaban J connectivity index is 2.43. The topological polar surface area (TPSA) is 49.8 Å². The quantitative estimate of drug-likeness (QED) is 0.712. The van der Waals surface area contributed by atoms with Crippen molar-refractivity contribution in [2.24, 2.45) is 0 Å². The van der Waals surface area contributed by atoms with Crippen molar-refractivity contribution in [2.45, 2.75) is 38.1 Å². The minimum Gasteiger partial charge on any atom is -0.395 e. The Hall–Kier alpha value is -0.610. The van der Waals surface area contributed by atoms with Crippen LogP contribution in [0.25, 0.3) is 0 Å². The molecule has 88 valence electrons. The summed E-state index contributed by atoms with van der Waals surface area (Å²) in [6, 6.07) is 0.349. The number of hydrogen-bond donors (Lipinski definition) is 1.